The molecule has 0 fully saturated rings. The van der Waals surface area contributed by atoms with Gasteiger partial charge in [0.05, 0.1) is 18.1 Å². The number of hydrogen-bond donors (Lipinski definition) is 0. The summed E-state index contributed by atoms with van der Waals surface area (Å²) in [5.74, 6) is 0.702. The molecule has 0 N–H and O–H groups in total. The number of nitro benzene ring substituents is 1. The zero-order chi connectivity index (χ0) is 15.4. The Labute approximate surface area is 129 Å². The van der Waals surface area contributed by atoms with E-state index in [9.17, 15) is 10.1 Å². The molecule has 0 spiro atoms. The van der Waals surface area contributed by atoms with Gasteiger partial charge in [0.2, 0.25) is 5.88 Å². The predicted molar refractivity (Wildman–Crippen MR) is 78.5 cm³/mol. The number of ether oxygens (including phenoxy) is 2. The van der Waals surface area contributed by atoms with Crippen LogP contribution >= 0.6 is 23.4 Å². The third kappa shape index (κ3) is 3.73. The van der Waals surface area contributed by atoms with Crippen molar-refractivity contribution in [2.45, 2.75) is 5.16 Å². The molecule has 0 saturated carbocycles. The first-order chi connectivity index (χ1) is 10.0. The molecule has 9 heteroatoms. The molecule has 0 aliphatic heterocycles. The summed E-state index contributed by atoms with van der Waals surface area (Å²) in [6.07, 6.45) is 1.80. The molecule has 0 saturated heterocycles. The average Bonchev–Trinajstić information content (AvgIpc) is 2.46. The molecule has 21 heavy (non-hydrogen) atoms. The van der Waals surface area contributed by atoms with Crippen molar-refractivity contribution in [3.05, 3.63) is 39.5 Å². The summed E-state index contributed by atoms with van der Waals surface area (Å²) in [5.41, 5.74) is -0.115. The Hall–Kier alpha value is -2.06. The Balaban J connectivity index is 2.40. The van der Waals surface area contributed by atoms with Gasteiger partial charge in [-0.2, -0.15) is 4.98 Å². The smallest absolute Gasteiger partial charge is 0.273 e. The highest BCUT2D eigenvalue weighted by atomic mass is 35.5. The molecule has 0 amide bonds. The summed E-state index contributed by atoms with van der Waals surface area (Å²) in [4.78, 5) is 18.4. The van der Waals surface area contributed by atoms with Gasteiger partial charge in [0.25, 0.3) is 5.69 Å². The van der Waals surface area contributed by atoms with Crippen LogP contribution in [-0.4, -0.2) is 28.3 Å². The van der Waals surface area contributed by atoms with Gasteiger partial charge < -0.3 is 9.47 Å². The van der Waals surface area contributed by atoms with Gasteiger partial charge in [0, 0.05) is 12.1 Å². The number of non-ortho nitro benzene ring substituents is 1. The molecule has 2 rings (SSSR count). The van der Waals surface area contributed by atoms with Crippen molar-refractivity contribution in [3.63, 3.8) is 0 Å². The van der Waals surface area contributed by atoms with Gasteiger partial charge in [-0.3, -0.25) is 10.1 Å². The minimum atomic E-state index is -0.521. The maximum Gasteiger partial charge on any atom is 0.273 e. The van der Waals surface area contributed by atoms with Gasteiger partial charge in [-0.05, 0) is 12.3 Å². The lowest BCUT2D eigenvalue weighted by Gasteiger charge is -2.10. The van der Waals surface area contributed by atoms with E-state index in [2.05, 4.69) is 9.97 Å². The summed E-state index contributed by atoms with van der Waals surface area (Å²) in [6, 6.07) is 5.45. The minimum absolute atomic E-state index is 0.115. The molecule has 0 radical (unpaired) electrons. The highest BCUT2D eigenvalue weighted by Crippen LogP contribution is 2.34. The van der Waals surface area contributed by atoms with Crippen LogP contribution in [0.3, 0.4) is 0 Å². The van der Waals surface area contributed by atoms with Gasteiger partial charge in [0.15, 0.2) is 16.7 Å². The Morgan fingerprint density at radius 2 is 2.05 bits per heavy atom. The Morgan fingerprint density at radius 1 is 1.29 bits per heavy atom. The molecule has 110 valence electrons. The largest absolute Gasteiger partial charge is 0.493 e. The van der Waals surface area contributed by atoms with Gasteiger partial charge in [-0.15, -0.1) is 0 Å². The lowest BCUT2D eigenvalue weighted by atomic mass is 10.3. The molecule has 7 nitrogen and oxygen atoms in total. The Bertz CT molecular complexity index is 684. The number of halogens is 1. The van der Waals surface area contributed by atoms with E-state index < -0.39 is 4.92 Å². The quantitative estimate of drug-likeness (QED) is 0.273. The van der Waals surface area contributed by atoms with Crippen molar-refractivity contribution in [2.24, 2.45) is 0 Å². The fourth-order valence-corrected chi connectivity index (χ4v) is 2.09. The highest BCUT2D eigenvalue weighted by molar-refractivity contribution is 7.98. The molecule has 1 heterocycles. The van der Waals surface area contributed by atoms with E-state index in [1.807, 2.05) is 0 Å². The van der Waals surface area contributed by atoms with Crippen LogP contribution in [0, 0.1) is 10.1 Å². The fourth-order valence-electron chi connectivity index (χ4n) is 1.49. The lowest BCUT2D eigenvalue weighted by Crippen LogP contribution is -1.96. The number of thioether (sulfide) groups is 1. The Morgan fingerprint density at radius 3 is 2.67 bits per heavy atom. The standard InChI is InChI=1S/C12H10ClN3O4S/c1-19-8-4-3-7(16(17)18)5-9(8)20-11-6-10(13)14-12(15-11)21-2/h3-6H,1-2H3. The molecule has 2 aromatic rings. The number of aromatic nitrogens is 2. The topological polar surface area (TPSA) is 87.4 Å². The lowest BCUT2D eigenvalue weighted by molar-refractivity contribution is -0.384. The van der Waals surface area contributed by atoms with Gasteiger partial charge in [-0.25, -0.2) is 4.98 Å². The van der Waals surface area contributed by atoms with E-state index in [0.29, 0.717) is 10.9 Å². The minimum Gasteiger partial charge on any atom is -0.493 e. The SMILES string of the molecule is COc1ccc([N+](=O)[O-])cc1Oc1cc(Cl)nc(SC)n1. The van der Waals surface area contributed by atoms with Crippen LogP contribution in [0.1, 0.15) is 0 Å². The summed E-state index contributed by atoms with van der Waals surface area (Å²) < 4.78 is 10.6. The zero-order valence-corrected chi connectivity index (χ0v) is 12.6. The fraction of sp³-hybridized carbons (Fsp3) is 0.167. The first kappa shape index (κ1) is 15.3. The van der Waals surface area contributed by atoms with Crippen LogP contribution in [0.15, 0.2) is 29.4 Å². The maximum absolute atomic E-state index is 10.8. The second-order valence-corrected chi connectivity index (χ2v) is 4.87. The first-order valence-electron chi connectivity index (χ1n) is 5.62. The molecule has 0 atom stereocenters. The number of rotatable bonds is 5. The Kier molecular flexibility index (Phi) is 4.81. The molecular formula is C12H10ClN3O4S. The van der Waals surface area contributed by atoms with Crippen LogP contribution in [0.2, 0.25) is 5.15 Å². The predicted octanol–water partition coefficient (Wildman–Crippen LogP) is 3.56. The third-order valence-corrected chi connectivity index (χ3v) is 3.15. The maximum atomic E-state index is 10.8. The number of methoxy groups -OCH3 is 1. The van der Waals surface area contributed by atoms with Crippen molar-refractivity contribution < 1.29 is 14.4 Å². The van der Waals surface area contributed by atoms with Crippen LogP contribution in [0.5, 0.6) is 17.4 Å². The molecule has 0 bridgehead atoms. The number of hydrogen-bond acceptors (Lipinski definition) is 7. The highest BCUT2D eigenvalue weighted by Gasteiger charge is 2.14. The van der Waals surface area contributed by atoms with Crippen LogP contribution in [0.4, 0.5) is 5.69 Å². The number of nitro groups is 1. The van der Waals surface area contributed by atoms with E-state index in [0.717, 1.165) is 0 Å². The molecule has 0 unspecified atom stereocenters. The van der Waals surface area contributed by atoms with E-state index in [-0.39, 0.29) is 22.5 Å². The molecule has 1 aromatic heterocycles. The van der Waals surface area contributed by atoms with E-state index in [1.165, 1.54) is 43.1 Å². The molecule has 1 aromatic carbocycles. The zero-order valence-electron chi connectivity index (χ0n) is 11.1. The summed E-state index contributed by atoms with van der Waals surface area (Å²) in [6.45, 7) is 0. The van der Waals surface area contributed by atoms with Gasteiger partial charge in [0.1, 0.15) is 5.15 Å². The number of benzene rings is 1. The number of nitrogens with zero attached hydrogens (tertiary/aromatic N) is 3. The van der Waals surface area contributed by atoms with Crippen LogP contribution in [0.25, 0.3) is 0 Å². The normalized spacial score (nSPS) is 10.2. The van der Waals surface area contributed by atoms with Gasteiger partial charge >= 0.3 is 0 Å². The third-order valence-electron chi connectivity index (χ3n) is 2.41. The average molecular weight is 328 g/mol. The van der Waals surface area contributed by atoms with E-state index in [1.54, 1.807) is 6.26 Å². The molecule has 0 aliphatic carbocycles. The van der Waals surface area contributed by atoms with Crippen LogP contribution < -0.4 is 9.47 Å². The van der Waals surface area contributed by atoms with Crippen molar-refractivity contribution in [1.82, 2.24) is 9.97 Å². The van der Waals surface area contributed by atoms with Gasteiger partial charge in [-0.1, -0.05) is 23.4 Å². The first-order valence-corrected chi connectivity index (χ1v) is 7.22. The van der Waals surface area contributed by atoms with Crippen molar-refractivity contribution in [3.8, 4) is 17.4 Å². The summed E-state index contributed by atoms with van der Waals surface area (Å²) in [7, 11) is 1.44. The van der Waals surface area contributed by atoms with Crippen molar-refractivity contribution >= 4 is 29.1 Å². The van der Waals surface area contributed by atoms with E-state index >= 15 is 0 Å². The molecule has 0 aliphatic rings. The summed E-state index contributed by atoms with van der Waals surface area (Å²) >= 11 is 7.17. The second-order valence-electron chi connectivity index (χ2n) is 3.71. The second kappa shape index (κ2) is 6.59. The monoisotopic (exact) mass is 327 g/mol. The summed E-state index contributed by atoms with van der Waals surface area (Å²) in [5, 5.41) is 11.5. The van der Waals surface area contributed by atoms with Crippen molar-refractivity contribution in [2.75, 3.05) is 13.4 Å². The molecular weight excluding hydrogens is 318 g/mol. The van der Waals surface area contributed by atoms with E-state index in [4.69, 9.17) is 21.1 Å². The van der Waals surface area contributed by atoms with Crippen molar-refractivity contribution in [1.29, 1.82) is 0 Å². The van der Waals surface area contributed by atoms with Crippen LogP contribution in [-0.2, 0) is 0 Å².